The van der Waals surface area contributed by atoms with Gasteiger partial charge in [-0.2, -0.15) is 0 Å². The molecule has 0 aliphatic rings. The van der Waals surface area contributed by atoms with Crippen LogP contribution in [0.25, 0.3) is 0 Å². The number of unbranched alkanes of at least 4 members (excludes halogenated alkanes) is 44. The molecule has 0 aromatic rings. The zero-order valence-electron chi connectivity index (χ0n) is 55.5. The lowest BCUT2D eigenvalue weighted by Gasteiger charge is -2.18. The summed E-state index contributed by atoms with van der Waals surface area (Å²) in [5.74, 6) is -0.873. The minimum absolute atomic E-state index is 0.0729. The van der Waals surface area contributed by atoms with Gasteiger partial charge in [0.25, 0.3) is 0 Å². The lowest BCUT2D eigenvalue weighted by atomic mass is 10.0. The Kier molecular flexibility index (Phi) is 68.6. The molecule has 482 valence electrons. The Hall–Kier alpha value is -3.15. The van der Waals surface area contributed by atoms with Gasteiger partial charge in [-0.05, 0) is 70.6 Å². The number of rotatable bonds is 67. The van der Waals surface area contributed by atoms with Crippen molar-refractivity contribution >= 4 is 17.9 Å². The van der Waals surface area contributed by atoms with Crippen LogP contribution in [0.2, 0.25) is 0 Å². The molecule has 0 heterocycles. The van der Waals surface area contributed by atoms with E-state index in [4.69, 9.17) is 14.2 Å². The molecule has 0 aromatic carbocycles. The third kappa shape index (κ3) is 69.5. The summed E-state index contributed by atoms with van der Waals surface area (Å²) in [6.07, 6.45) is 94.3. The van der Waals surface area contributed by atoms with Crippen molar-refractivity contribution in [1.29, 1.82) is 0 Å². The average Bonchev–Trinajstić information content (AvgIpc) is 3.48. The van der Waals surface area contributed by atoms with Crippen molar-refractivity contribution < 1.29 is 28.6 Å². The molecule has 0 spiro atoms. The van der Waals surface area contributed by atoms with Crippen LogP contribution in [-0.2, 0) is 28.6 Å². The van der Waals surface area contributed by atoms with E-state index in [0.29, 0.717) is 19.3 Å². The van der Waals surface area contributed by atoms with Gasteiger partial charge in [-0.15, -0.1) is 0 Å². The van der Waals surface area contributed by atoms with Crippen molar-refractivity contribution in [3.8, 4) is 0 Å². The standard InChI is InChI=1S/C77H138O6/c1-4-7-10-13-15-17-19-21-23-25-27-29-31-33-35-37-38-40-41-43-45-47-49-51-53-55-57-59-61-64-67-70-76(79)82-73-74(72-81-75(78)69-66-63-12-9-6-3)83-77(80)71-68-65-62-60-58-56-54-52-50-48-46-44-42-39-36-34-32-30-28-26-24-22-20-18-16-14-11-8-5-2/h8,11,16,18,22,24,28,30,34,36,42,44,74H,4-7,9-10,12-15,17,19-21,23,25-27,29,31-33,35,37-41,43,45-73H2,1-3H3/b11-8-,18-16-,24-22-,30-28-,36-34-,44-42-. The normalized spacial score (nSPS) is 12.5. The van der Waals surface area contributed by atoms with E-state index < -0.39 is 6.10 Å². The highest BCUT2D eigenvalue weighted by Gasteiger charge is 2.19. The minimum atomic E-state index is -0.774. The number of esters is 3. The predicted octanol–water partition coefficient (Wildman–Crippen LogP) is 25.2. The molecule has 1 atom stereocenters. The van der Waals surface area contributed by atoms with Crippen LogP contribution >= 0.6 is 0 Å². The van der Waals surface area contributed by atoms with Crippen molar-refractivity contribution in [2.24, 2.45) is 0 Å². The first-order valence-electron chi connectivity index (χ1n) is 36.4. The summed E-state index contributed by atoms with van der Waals surface area (Å²) in [5.41, 5.74) is 0. The monoisotopic (exact) mass is 1160 g/mol. The molecule has 0 N–H and O–H groups in total. The van der Waals surface area contributed by atoms with Gasteiger partial charge in [0, 0.05) is 19.3 Å². The van der Waals surface area contributed by atoms with Crippen LogP contribution in [0, 0.1) is 0 Å². The third-order valence-electron chi connectivity index (χ3n) is 16.2. The first kappa shape index (κ1) is 79.8. The molecule has 0 bridgehead atoms. The number of carbonyl (C=O) groups excluding carboxylic acids is 3. The summed E-state index contributed by atoms with van der Waals surface area (Å²) in [7, 11) is 0. The Labute approximate surface area is 516 Å². The lowest BCUT2D eigenvalue weighted by Crippen LogP contribution is -2.30. The van der Waals surface area contributed by atoms with Crippen molar-refractivity contribution in [2.75, 3.05) is 13.2 Å². The van der Waals surface area contributed by atoms with Crippen molar-refractivity contribution in [2.45, 2.75) is 386 Å². The molecule has 0 fully saturated rings. The highest BCUT2D eigenvalue weighted by Crippen LogP contribution is 2.19. The van der Waals surface area contributed by atoms with Crippen LogP contribution in [0.1, 0.15) is 380 Å². The number of ether oxygens (including phenoxy) is 3. The van der Waals surface area contributed by atoms with E-state index in [9.17, 15) is 14.4 Å². The molecule has 1 unspecified atom stereocenters. The fraction of sp³-hybridized carbons (Fsp3) is 0.805. The summed E-state index contributed by atoms with van der Waals surface area (Å²) in [4.78, 5) is 38.1. The van der Waals surface area contributed by atoms with E-state index in [1.54, 1.807) is 0 Å². The van der Waals surface area contributed by atoms with E-state index in [1.807, 2.05) is 0 Å². The zero-order valence-corrected chi connectivity index (χ0v) is 55.5. The molecule has 0 saturated heterocycles. The minimum Gasteiger partial charge on any atom is -0.462 e. The van der Waals surface area contributed by atoms with Gasteiger partial charge in [0.05, 0.1) is 0 Å². The van der Waals surface area contributed by atoms with E-state index in [2.05, 4.69) is 93.7 Å². The largest absolute Gasteiger partial charge is 0.462 e. The highest BCUT2D eigenvalue weighted by atomic mass is 16.6. The van der Waals surface area contributed by atoms with Crippen molar-refractivity contribution in [3.05, 3.63) is 72.9 Å². The molecule has 6 nitrogen and oxygen atoms in total. The highest BCUT2D eigenvalue weighted by molar-refractivity contribution is 5.71. The summed E-state index contributed by atoms with van der Waals surface area (Å²) >= 11 is 0. The van der Waals surface area contributed by atoms with Gasteiger partial charge in [0.2, 0.25) is 0 Å². The number of hydrogen-bond acceptors (Lipinski definition) is 6. The molecular weight excluding hydrogens is 1020 g/mol. The predicted molar refractivity (Wildman–Crippen MR) is 362 cm³/mol. The SMILES string of the molecule is CC/C=C\C/C=C\C/C=C\C/C=C\C/C=C\C/C=C\CCCCCCCCCCCCC(=O)OC(COC(=O)CCCCCCC)COC(=O)CCCCCCCCCCCCCCCCCCCCCCCCCCCCCCCCC. The van der Waals surface area contributed by atoms with E-state index in [1.165, 1.54) is 238 Å². The Bertz CT molecular complexity index is 1520. The number of carbonyl (C=O) groups is 3. The third-order valence-corrected chi connectivity index (χ3v) is 16.2. The second kappa shape index (κ2) is 71.3. The van der Waals surface area contributed by atoms with Gasteiger partial charge in [0.15, 0.2) is 6.10 Å². The molecule has 83 heavy (non-hydrogen) atoms. The van der Waals surface area contributed by atoms with E-state index in [-0.39, 0.29) is 31.1 Å². The molecule has 0 amide bonds. The quantitative estimate of drug-likeness (QED) is 0.0261. The van der Waals surface area contributed by atoms with Gasteiger partial charge in [0.1, 0.15) is 13.2 Å². The Morgan fingerprint density at radius 3 is 0.735 bits per heavy atom. The van der Waals surface area contributed by atoms with Gasteiger partial charge >= 0.3 is 17.9 Å². The maximum atomic E-state index is 12.9. The summed E-state index contributed by atoms with van der Waals surface area (Å²) < 4.78 is 16.8. The first-order valence-corrected chi connectivity index (χ1v) is 36.4. The van der Waals surface area contributed by atoms with Crippen LogP contribution in [-0.4, -0.2) is 37.2 Å². The maximum Gasteiger partial charge on any atom is 0.306 e. The molecule has 0 aliphatic carbocycles. The Balaban J connectivity index is 3.94. The molecule has 6 heteroatoms. The van der Waals surface area contributed by atoms with Crippen LogP contribution in [0.15, 0.2) is 72.9 Å². The molecule has 0 aliphatic heterocycles. The maximum absolute atomic E-state index is 12.9. The fourth-order valence-corrected chi connectivity index (χ4v) is 10.8. The summed E-state index contributed by atoms with van der Waals surface area (Å²) in [6.45, 7) is 6.50. The average molecular weight is 1160 g/mol. The molecule has 0 aromatic heterocycles. The summed E-state index contributed by atoms with van der Waals surface area (Å²) in [5, 5.41) is 0. The van der Waals surface area contributed by atoms with Gasteiger partial charge in [-0.1, -0.05) is 363 Å². The van der Waals surface area contributed by atoms with E-state index in [0.717, 1.165) is 103 Å². The fourth-order valence-electron chi connectivity index (χ4n) is 10.8. The molecular formula is C77H138O6. The zero-order chi connectivity index (χ0) is 59.9. The lowest BCUT2D eigenvalue weighted by molar-refractivity contribution is -0.167. The van der Waals surface area contributed by atoms with E-state index >= 15 is 0 Å². The van der Waals surface area contributed by atoms with Gasteiger partial charge in [-0.3, -0.25) is 14.4 Å². The topological polar surface area (TPSA) is 78.9 Å². The molecule has 0 rings (SSSR count). The number of allylic oxidation sites excluding steroid dienone is 12. The number of hydrogen-bond donors (Lipinski definition) is 0. The smallest absolute Gasteiger partial charge is 0.306 e. The Morgan fingerprint density at radius 2 is 0.470 bits per heavy atom. The van der Waals surface area contributed by atoms with Crippen LogP contribution < -0.4 is 0 Å². The summed E-state index contributed by atoms with van der Waals surface area (Å²) in [6, 6.07) is 0. The molecule has 0 saturated carbocycles. The van der Waals surface area contributed by atoms with Crippen LogP contribution in [0.4, 0.5) is 0 Å². The molecule has 0 radical (unpaired) electrons. The van der Waals surface area contributed by atoms with Crippen LogP contribution in [0.5, 0.6) is 0 Å². The first-order chi connectivity index (χ1) is 41.0. The van der Waals surface area contributed by atoms with Crippen LogP contribution in [0.3, 0.4) is 0 Å². The van der Waals surface area contributed by atoms with Crippen molar-refractivity contribution in [3.63, 3.8) is 0 Å². The van der Waals surface area contributed by atoms with Gasteiger partial charge in [-0.25, -0.2) is 0 Å². The Morgan fingerprint density at radius 1 is 0.253 bits per heavy atom. The second-order valence-electron chi connectivity index (χ2n) is 24.5. The van der Waals surface area contributed by atoms with Gasteiger partial charge < -0.3 is 14.2 Å². The van der Waals surface area contributed by atoms with Crippen molar-refractivity contribution in [1.82, 2.24) is 0 Å². The second-order valence-corrected chi connectivity index (χ2v) is 24.5.